The molecule has 2 aromatic carbocycles. The highest BCUT2D eigenvalue weighted by Gasteiger charge is 2.45. The topological polar surface area (TPSA) is 103 Å². The number of para-hydroxylation sites is 2. The number of ketones is 2. The van der Waals surface area contributed by atoms with Gasteiger partial charge in [-0.2, -0.15) is 0 Å². The lowest BCUT2D eigenvalue weighted by molar-refractivity contribution is -0.115. The minimum absolute atomic E-state index is 0.0211. The number of carbonyl (C=O) groups is 2. The normalized spacial score (nSPS) is 20.3. The average molecular weight is 619 g/mol. The summed E-state index contributed by atoms with van der Waals surface area (Å²) in [6, 6.07) is 13.3. The lowest BCUT2D eigenvalue weighted by Crippen LogP contribution is -2.40. The third-order valence-corrected chi connectivity index (χ3v) is 8.24. The van der Waals surface area contributed by atoms with E-state index in [0.29, 0.717) is 43.5 Å². The van der Waals surface area contributed by atoms with Crippen LogP contribution in [0, 0.1) is 0 Å². The Balaban J connectivity index is 1.60. The van der Waals surface area contributed by atoms with Crippen molar-refractivity contribution in [2.24, 2.45) is 0 Å². The largest absolute Gasteiger partial charge is 0.507 e. The molecule has 9 heteroatoms. The summed E-state index contributed by atoms with van der Waals surface area (Å²) in [5.74, 6) is -1.30. The number of aromatic hydroxyl groups is 1. The highest BCUT2D eigenvalue weighted by molar-refractivity contribution is 14.1. The predicted octanol–water partition coefficient (Wildman–Crippen LogP) is 3.67. The van der Waals surface area contributed by atoms with E-state index in [-0.39, 0.29) is 30.3 Å². The minimum Gasteiger partial charge on any atom is -0.507 e. The van der Waals surface area contributed by atoms with Gasteiger partial charge in [0, 0.05) is 35.1 Å². The van der Waals surface area contributed by atoms with Gasteiger partial charge < -0.3 is 5.11 Å². The standard InChI is InChI=1S/C29H22IN3O5/c1-2-7-16-8-6-11-19(26(16)35)24-18-12-13-31-28(37)32(17-9-4-3-5-10-17)29(38)33(31)22(18)14-20-23(34)15-21(30)27(36)25(20)24/h2-6,8-12,15,22,24,35H,1,7,13-14H2. The molecule has 6 rings (SSSR count). The van der Waals surface area contributed by atoms with Crippen LogP contribution >= 0.6 is 22.6 Å². The lowest BCUT2D eigenvalue weighted by atomic mass is 9.68. The molecule has 2 unspecified atom stereocenters. The van der Waals surface area contributed by atoms with Gasteiger partial charge in [-0.1, -0.05) is 48.6 Å². The first-order valence-corrected chi connectivity index (χ1v) is 13.2. The van der Waals surface area contributed by atoms with Crippen molar-refractivity contribution in [1.82, 2.24) is 13.9 Å². The molecular weight excluding hydrogens is 597 g/mol. The van der Waals surface area contributed by atoms with E-state index in [1.54, 1.807) is 54.6 Å². The summed E-state index contributed by atoms with van der Waals surface area (Å²) in [7, 11) is 0. The highest BCUT2D eigenvalue weighted by atomic mass is 127. The fourth-order valence-corrected chi connectivity index (χ4v) is 6.36. The SMILES string of the molecule is C=CCc1cccc(C2C3=CCn4c(=O)n(-c5ccccc5)c(=O)n4C3CC3=C2C(=O)C(I)=CC3=O)c1O. The van der Waals surface area contributed by atoms with Gasteiger partial charge in [-0.3, -0.25) is 9.59 Å². The monoisotopic (exact) mass is 619 g/mol. The molecule has 0 amide bonds. The number of nitrogens with zero attached hydrogens (tertiary/aromatic N) is 3. The molecule has 0 fully saturated rings. The van der Waals surface area contributed by atoms with E-state index in [0.717, 1.165) is 4.57 Å². The number of phenols is 1. The number of fused-ring (bicyclic) bond motifs is 3. The summed E-state index contributed by atoms with van der Waals surface area (Å²) in [5, 5.41) is 11.3. The Morgan fingerprint density at radius 3 is 2.53 bits per heavy atom. The lowest BCUT2D eigenvalue weighted by Gasteiger charge is -2.39. The van der Waals surface area contributed by atoms with E-state index in [2.05, 4.69) is 6.58 Å². The van der Waals surface area contributed by atoms with Crippen molar-refractivity contribution in [3.63, 3.8) is 0 Å². The van der Waals surface area contributed by atoms with E-state index >= 15 is 0 Å². The van der Waals surface area contributed by atoms with Crippen LogP contribution in [0.25, 0.3) is 5.69 Å². The molecule has 38 heavy (non-hydrogen) atoms. The number of carbonyl (C=O) groups excluding carboxylic acids is 2. The van der Waals surface area contributed by atoms with Crippen LogP contribution in [0.5, 0.6) is 5.75 Å². The maximum atomic E-state index is 13.7. The van der Waals surface area contributed by atoms with Crippen molar-refractivity contribution in [3.05, 3.63) is 126 Å². The van der Waals surface area contributed by atoms with Gasteiger partial charge in [-0.15, -0.1) is 6.58 Å². The van der Waals surface area contributed by atoms with Crippen LogP contribution in [0.2, 0.25) is 0 Å². The molecule has 2 atom stereocenters. The van der Waals surface area contributed by atoms with Gasteiger partial charge in [0.15, 0.2) is 11.6 Å². The van der Waals surface area contributed by atoms with Crippen LogP contribution in [0.1, 0.15) is 29.5 Å². The predicted molar refractivity (Wildman–Crippen MR) is 150 cm³/mol. The Morgan fingerprint density at radius 1 is 1.03 bits per heavy atom. The number of hydrogen-bond acceptors (Lipinski definition) is 5. The van der Waals surface area contributed by atoms with Crippen LogP contribution < -0.4 is 11.4 Å². The van der Waals surface area contributed by atoms with Gasteiger partial charge in [0.25, 0.3) is 0 Å². The number of benzene rings is 2. The molecular formula is C29H22IN3O5. The number of phenolic OH excluding ortho intramolecular Hbond substituents is 1. The smallest absolute Gasteiger partial charge is 0.352 e. The molecule has 1 aliphatic heterocycles. The number of halogens is 1. The molecule has 2 aliphatic carbocycles. The van der Waals surface area contributed by atoms with E-state index in [4.69, 9.17) is 0 Å². The molecule has 0 bridgehead atoms. The van der Waals surface area contributed by atoms with Crippen molar-refractivity contribution in [2.45, 2.75) is 31.3 Å². The first-order valence-electron chi connectivity index (χ1n) is 12.1. The molecule has 1 aromatic heterocycles. The van der Waals surface area contributed by atoms with Gasteiger partial charge in [0.1, 0.15) is 5.75 Å². The van der Waals surface area contributed by atoms with E-state index in [9.17, 15) is 24.3 Å². The summed E-state index contributed by atoms with van der Waals surface area (Å²) >= 11 is 1.87. The Morgan fingerprint density at radius 2 is 1.79 bits per heavy atom. The summed E-state index contributed by atoms with van der Waals surface area (Å²) in [5.41, 5.74) is 1.89. The fourth-order valence-electron chi connectivity index (χ4n) is 5.79. The highest BCUT2D eigenvalue weighted by Crippen LogP contribution is 2.52. The Kier molecular flexibility index (Phi) is 5.82. The van der Waals surface area contributed by atoms with Crippen molar-refractivity contribution >= 4 is 34.2 Å². The summed E-state index contributed by atoms with van der Waals surface area (Å²) in [4.78, 5) is 53.8. The number of hydrogen-bond donors (Lipinski definition) is 1. The van der Waals surface area contributed by atoms with E-state index in [1.165, 1.54) is 15.4 Å². The van der Waals surface area contributed by atoms with Crippen LogP contribution in [0.3, 0.4) is 0 Å². The van der Waals surface area contributed by atoms with Gasteiger partial charge in [-0.25, -0.2) is 23.5 Å². The first kappa shape index (κ1) is 24.4. The average Bonchev–Trinajstić information content (AvgIpc) is 3.18. The molecule has 3 aliphatic rings. The third-order valence-electron chi connectivity index (χ3n) is 7.44. The van der Waals surface area contributed by atoms with Crippen LogP contribution in [0.4, 0.5) is 0 Å². The molecule has 0 saturated heterocycles. The molecule has 0 radical (unpaired) electrons. The van der Waals surface area contributed by atoms with Gasteiger partial charge >= 0.3 is 11.4 Å². The van der Waals surface area contributed by atoms with Crippen molar-refractivity contribution in [3.8, 4) is 11.4 Å². The summed E-state index contributed by atoms with van der Waals surface area (Å²) < 4.78 is 4.19. The quantitative estimate of drug-likeness (QED) is 0.273. The number of allylic oxidation sites excluding steroid dienone is 7. The van der Waals surface area contributed by atoms with Crippen molar-refractivity contribution in [1.29, 1.82) is 0 Å². The summed E-state index contributed by atoms with van der Waals surface area (Å²) in [6.45, 7) is 3.87. The fraction of sp³-hybridized carbons (Fsp3) is 0.172. The maximum absolute atomic E-state index is 13.7. The number of aromatic nitrogens is 3. The second-order valence-corrected chi connectivity index (χ2v) is 10.6. The molecule has 2 heterocycles. The molecule has 1 N–H and O–H groups in total. The third kappa shape index (κ3) is 3.48. The zero-order valence-corrected chi connectivity index (χ0v) is 22.3. The van der Waals surface area contributed by atoms with Gasteiger partial charge in [0.2, 0.25) is 0 Å². The second kappa shape index (κ2) is 9.09. The zero-order chi connectivity index (χ0) is 26.7. The Bertz CT molecular complexity index is 1770. The van der Waals surface area contributed by atoms with Crippen LogP contribution in [-0.2, 0) is 22.6 Å². The maximum Gasteiger partial charge on any atom is 0.352 e. The summed E-state index contributed by atoms with van der Waals surface area (Å²) in [6.07, 6.45) is 5.35. The molecule has 8 nitrogen and oxygen atoms in total. The molecule has 0 saturated carbocycles. The molecule has 3 aromatic rings. The Labute approximate surface area is 230 Å². The van der Waals surface area contributed by atoms with Crippen molar-refractivity contribution < 1.29 is 14.7 Å². The van der Waals surface area contributed by atoms with Crippen LogP contribution in [-0.4, -0.2) is 30.6 Å². The number of Topliss-reactive ketones (excluding diaryl/α,β-unsaturated/α-hetero) is 1. The first-order chi connectivity index (χ1) is 18.3. The van der Waals surface area contributed by atoms with Crippen LogP contribution in [0.15, 0.2) is 103 Å². The van der Waals surface area contributed by atoms with Gasteiger partial charge in [0.05, 0.1) is 21.9 Å². The molecule has 0 spiro atoms. The van der Waals surface area contributed by atoms with E-state index < -0.39 is 23.3 Å². The Hall–Kier alpha value is -3.99. The van der Waals surface area contributed by atoms with E-state index in [1.807, 2.05) is 28.7 Å². The molecule has 190 valence electrons. The van der Waals surface area contributed by atoms with Crippen molar-refractivity contribution in [2.75, 3.05) is 0 Å². The minimum atomic E-state index is -0.751. The second-order valence-electron chi connectivity index (χ2n) is 9.45. The zero-order valence-electron chi connectivity index (χ0n) is 20.1. The number of rotatable bonds is 4. The van der Waals surface area contributed by atoms with Gasteiger partial charge in [-0.05, 0) is 52.3 Å².